The Morgan fingerprint density at radius 1 is 1.09 bits per heavy atom. The van der Waals surface area contributed by atoms with Crippen LogP contribution in [0, 0.1) is 0 Å². The largest absolute Gasteiger partial charge is 0.378 e. The number of hydrogen-bond acceptors (Lipinski definition) is 8. The number of hydrogen-bond donors (Lipinski definition) is 1. The molecule has 4 rings (SSSR count). The number of aromatic nitrogens is 5. The van der Waals surface area contributed by atoms with Gasteiger partial charge in [-0.2, -0.15) is 0 Å². The van der Waals surface area contributed by atoms with E-state index in [2.05, 4.69) is 35.1 Å². The van der Waals surface area contributed by atoms with E-state index < -0.39 is 0 Å². The van der Waals surface area contributed by atoms with Gasteiger partial charge in [-0.1, -0.05) is 0 Å². The van der Waals surface area contributed by atoms with Gasteiger partial charge in [-0.3, -0.25) is 4.98 Å². The summed E-state index contributed by atoms with van der Waals surface area (Å²) in [5.41, 5.74) is 2.23. The lowest BCUT2D eigenvalue weighted by molar-refractivity contribution is 0.122. The van der Waals surface area contributed by atoms with E-state index in [9.17, 15) is 0 Å². The summed E-state index contributed by atoms with van der Waals surface area (Å²) < 4.78 is 5.37. The maximum absolute atomic E-state index is 5.37. The monoisotopic (exact) mass is 309 g/mol. The van der Waals surface area contributed by atoms with E-state index in [0.717, 1.165) is 18.8 Å². The highest BCUT2D eigenvalue weighted by Crippen LogP contribution is 2.22. The number of morpholine rings is 1. The van der Waals surface area contributed by atoms with E-state index in [0.29, 0.717) is 36.0 Å². The molecule has 0 unspecified atom stereocenters. The average molecular weight is 309 g/mol. The van der Waals surface area contributed by atoms with Crippen LogP contribution in [0.3, 0.4) is 0 Å². The number of nitrogens with zero attached hydrogens (tertiary/aromatic N) is 6. The van der Waals surface area contributed by atoms with Crippen molar-refractivity contribution in [1.29, 1.82) is 0 Å². The predicted octanol–water partition coefficient (Wildman–Crippen LogP) is 1.39. The number of nitrogens with one attached hydrogen (secondary N) is 1. The fourth-order valence-electron chi connectivity index (χ4n) is 2.43. The molecule has 0 saturated carbocycles. The van der Waals surface area contributed by atoms with Crippen LogP contribution in [0.2, 0.25) is 0 Å². The van der Waals surface area contributed by atoms with Gasteiger partial charge in [0.2, 0.25) is 5.95 Å². The van der Waals surface area contributed by atoms with Crippen molar-refractivity contribution in [2.45, 2.75) is 0 Å². The molecule has 0 amide bonds. The molecule has 23 heavy (non-hydrogen) atoms. The Labute approximate surface area is 132 Å². The number of pyridine rings is 1. The zero-order chi connectivity index (χ0) is 15.5. The Hall–Kier alpha value is -2.87. The van der Waals surface area contributed by atoms with Crippen LogP contribution < -0.4 is 10.2 Å². The van der Waals surface area contributed by atoms with E-state index in [4.69, 9.17) is 4.74 Å². The molecular formula is C15H15N7O. The van der Waals surface area contributed by atoms with Gasteiger partial charge < -0.3 is 15.0 Å². The third-order valence-corrected chi connectivity index (χ3v) is 3.58. The van der Waals surface area contributed by atoms with Crippen molar-refractivity contribution in [3.63, 3.8) is 0 Å². The van der Waals surface area contributed by atoms with E-state index in [1.165, 1.54) is 6.33 Å². The number of fused-ring (bicyclic) bond motifs is 1. The molecule has 3 aromatic heterocycles. The summed E-state index contributed by atoms with van der Waals surface area (Å²) in [7, 11) is 0. The Morgan fingerprint density at radius 2 is 2.00 bits per heavy atom. The highest BCUT2D eigenvalue weighted by molar-refractivity contribution is 5.87. The van der Waals surface area contributed by atoms with Crippen molar-refractivity contribution in [3.8, 4) is 0 Å². The third kappa shape index (κ3) is 2.88. The summed E-state index contributed by atoms with van der Waals surface area (Å²) in [6, 6.07) is 3.78. The molecule has 0 aromatic carbocycles. The van der Waals surface area contributed by atoms with Crippen LogP contribution >= 0.6 is 0 Å². The van der Waals surface area contributed by atoms with Gasteiger partial charge in [-0.15, -0.1) is 0 Å². The predicted molar refractivity (Wildman–Crippen MR) is 85.7 cm³/mol. The molecule has 8 nitrogen and oxygen atoms in total. The molecule has 0 bridgehead atoms. The van der Waals surface area contributed by atoms with Gasteiger partial charge in [0, 0.05) is 19.3 Å². The van der Waals surface area contributed by atoms with Gasteiger partial charge in [0.1, 0.15) is 17.4 Å². The van der Waals surface area contributed by atoms with Gasteiger partial charge in [-0.25, -0.2) is 19.9 Å². The van der Waals surface area contributed by atoms with Gasteiger partial charge >= 0.3 is 0 Å². The first-order chi connectivity index (χ1) is 11.4. The van der Waals surface area contributed by atoms with Gasteiger partial charge in [0.05, 0.1) is 31.3 Å². The number of rotatable bonds is 3. The lowest BCUT2D eigenvalue weighted by Gasteiger charge is -2.26. The lowest BCUT2D eigenvalue weighted by atomic mass is 10.3. The molecule has 1 N–H and O–H groups in total. The highest BCUT2D eigenvalue weighted by Gasteiger charge is 2.15. The van der Waals surface area contributed by atoms with E-state index in [1.807, 2.05) is 12.1 Å². The summed E-state index contributed by atoms with van der Waals surface area (Å²) in [5, 5.41) is 3.23. The molecule has 4 heterocycles. The second-order valence-electron chi connectivity index (χ2n) is 5.09. The zero-order valence-corrected chi connectivity index (χ0v) is 12.4. The average Bonchev–Trinajstić information content (AvgIpc) is 2.63. The molecule has 8 heteroatoms. The topological polar surface area (TPSA) is 89.0 Å². The van der Waals surface area contributed by atoms with E-state index in [-0.39, 0.29) is 0 Å². The SMILES string of the molecule is c1cncc(Nc2ncnc3cnc(N4CCOCC4)nc23)c1. The minimum atomic E-state index is 0.639. The summed E-state index contributed by atoms with van der Waals surface area (Å²) in [4.78, 5) is 23.8. The number of anilines is 3. The molecule has 116 valence electrons. The van der Waals surface area contributed by atoms with Crippen LogP contribution in [-0.4, -0.2) is 51.2 Å². The van der Waals surface area contributed by atoms with Crippen molar-refractivity contribution in [1.82, 2.24) is 24.9 Å². The third-order valence-electron chi connectivity index (χ3n) is 3.58. The first-order valence-electron chi connectivity index (χ1n) is 7.38. The standard InChI is InChI=1S/C15H15N7O/c1-2-11(8-16-3-1)20-14-13-12(18-10-19-14)9-17-15(21-13)22-4-6-23-7-5-22/h1-3,8-10H,4-7H2,(H,18,19,20). The molecule has 1 fully saturated rings. The van der Waals surface area contributed by atoms with Crippen molar-refractivity contribution in [2.75, 3.05) is 36.5 Å². The Kier molecular flexibility index (Phi) is 3.65. The lowest BCUT2D eigenvalue weighted by Crippen LogP contribution is -2.37. The maximum atomic E-state index is 5.37. The molecule has 0 radical (unpaired) electrons. The normalized spacial score (nSPS) is 14.9. The fourth-order valence-corrected chi connectivity index (χ4v) is 2.43. The van der Waals surface area contributed by atoms with Crippen LogP contribution in [0.25, 0.3) is 11.0 Å². The Bertz CT molecular complexity index is 805. The van der Waals surface area contributed by atoms with Gasteiger partial charge in [-0.05, 0) is 12.1 Å². The fraction of sp³-hybridized carbons (Fsp3) is 0.267. The van der Waals surface area contributed by atoms with E-state index in [1.54, 1.807) is 18.6 Å². The van der Waals surface area contributed by atoms with Crippen LogP contribution in [0.1, 0.15) is 0 Å². The van der Waals surface area contributed by atoms with Crippen molar-refractivity contribution in [3.05, 3.63) is 37.1 Å². The highest BCUT2D eigenvalue weighted by atomic mass is 16.5. The van der Waals surface area contributed by atoms with Crippen molar-refractivity contribution >= 4 is 28.5 Å². The van der Waals surface area contributed by atoms with Crippen molar-refractivity contribution < 1.29 is 4.74 Å². The van der Waals surface area contributed by atoms with E-state index >= 15 is 0 Å². The smallest absolute Gasteiger partial charge is 0.226 e. The molecule has 1 aliphatic heterocycles. The summed E-state index contributed by atoms with van der Waals surface area (Å²) in [6.07, 6.45) is 6.68. The van der Waals surface area contributed by atoms with Crippen LogP contribution in [0.15, 0.2) is 37.1 Å². The van der Waals surface area contributed by atoms with Crippen LogP contribution in [0.4, 0.5) is 17.5 Å². The molecule has 1 saturated heterocycles. The first-order valence-corrected chi connectivity index (χ1v) is 7.38. The van der Waals surface area contributed by atoms with Gasteiger partial charge in [0.25, 0.3) is 0 Å². The second kappa shape index (κ2) is 6.09. The molecule has 0 atom stereocenters. The summed E-state index contributed by atoms with van der Waals surface area (Å²) >= 11 is 0. The summed E-state index contributed by atoms with van der Waals surface area (Å²) in [6.45, 7) is 2.94. The van der Waals surface area contributed by atoms with Crippen molar-refractivity contribution in [2.24, 2.45) is 0 Å². The van der Waals surface area contributed by atoms with Crippen LogP contribution in [0.5, 0.6) is 0 Å². The zero-order valence-electron chi connectivity index (χ0n) is 12.4. The molecule has 3 aromatic rings. The van der Waals surface area contributed by atoms with Crippen LogP contribution in [-0.2, 0) is 4.74 Å². The maximum Gasteiger partial charge on any atom is 0.226 e. The minimum Gasteiger partial charge on any atom is -0.378 e. The first kappa shape index (κ1) is 13.8. The molecule has 1 aliphatic rings. The summed E-state index contributed by atoms with van der Waals surface area (Å²) in [5.74, 6) is 1.31. The number of ether oxygens (including phenoxy) is 1. The second-order valence-corrected chi connectivity index (χ2v) is 5.09. The molecule has 0 aliphatic carbocycles. The Balaban J connectivity index is 1.72. The quantitative estimate of drug-likeness (QED) is 0.776. The molecular weight excluding hydrogens is 294 g/mol. The Morgan fingerprint density at radius 3 is 2.83 bits per heavy atom. The minimum absolute atomic E-state index is 0.639. The van der Waals surface area contributed by atoms with Gasteiger partial charge in [0.15, 0.2) is 5.82 Å². The molecule has 0 spiro atoms.